The van der Waals surface area contributed by atoms with E-state index < -0.39 is 0 Å². The van der Waals surface area contributed by atoms with Crippen molar-refractivity contribution in [1.29, 1.82) is 0 Å². The van der Waals surface area contributed by atoms with Crippen LogP contribution in [0.1, 0.15) is 37.8 Å². The van der Waals surface area contributed by atoms with Gasteiger partial charge in [0.15, 0.2) is 0 Å². The second kappa shape index (κ2) is 7.60. The number of ether oxygens (including phenoxy) is 1. The number of benzene rings is 1. The van der Waals surface area contributed by atoms with Crippen LogP contribution in [0.5, 0.6) is 11.6 Å². The SMILES string of the molecule is CCCN(CCC)c1cccc2nc(Oc3ccc(C)cc3C)cn12. The number of rotatable bonds is 7. The number of aromatic nitrogens is 2. The second-order valence-electron chi connectivity index (χ2n) is 6.55. The van der Waals surface area contributed by atoms with E-state index in [2.05, 4.69) is 66.2 Å². The molecule has 3 aromatic rings. The van der Waals surface area contributed by atoms with E-state index in [0.717, 1.165) is 42.9 Å². The highest BCUT2D eigenvalue weighted by Gasteiger charge is 2.12. The normalized spacial score (nSPS) is 11.0. The molecule has 0 fully saturated rings. The van der Waals surface area contributed by atoms with Gasteiger partial charge in [0.25, 0.3) is 0 Å². The minimum absolute atomic E-state index is 0.632. The molecule has 0 unspecified atom stereocenters. The standard InChI is InChI=1S/C21H27N3O/c1-5-12-23(13-6-2)21-9-7-8-19-22-20(15-24(19)21)25-18-11-10-16(3)14-17(18)4/h7-11,14-15H,5-6,12-13H2,1-4H3. The summed E-state index contributed by atoms with van der Waals surface area (Å²) in [5.74, 6) is 2.66. The third kappa shape index (κ3) is 3.78. The zero-order valence-electron chi connectivity index (χ0n) is 15.6. The molecule has 4 nitrogen and oxygen atoms in total. The van der Waals surface area contributed by atoms with Crippen molar-refractivity contribution in [3.8, 4) is 11.6 Å². The molecule has 0 spiro atoms. The van der Waals surface area contributed by atoms with E-state index in [1.165, 1.54) is 11.4 Å². The Balaban J connectivity index is 1.95. The average Bonchev–Trinajstić information content (AvgIpc) is 3.00. The summed E-state index contributed by atoms with van der Waals surface area (Å²) in [6.45, 7) is 10.7. The number of nitrogens with zero attached hydrogens (tertiary/aromatic N) is 3. The van der Waals surface area contributed by atoms with Gasteiger partial charge in [-0.2, -0.15) is 4.98 Å². The summed E-state index contributed by atoms with van der Waals surface area (Å²) in [7, 11) is 0. The van der Waals surface area contributed by atoms with E-state index >= 15 is 0 Å². The zero-order valence-corrected chi connectivity index (χ0v) is 15.6. The Morgan fingerprint density at radius 2 is 1.80 bits per heavy atom. The number of fused-ring (bicyclic) bond motifs is 1. The highest BCUT2D eigenvalue weighted by molar-refractivity contribution is 5.54. The molecular weight excluding hydrogens is 310 g/mol. The Hall–Kier alpha value is -2.49. The summed E-state index contributed by atoms with van der Waals surface area (Å²) in [4.78, 5) is 7.06. The molecule has 0 amide bonds. The Kier molecular flexibility index (Phi) is 5.27. The fraction of sp³-hybridized carbons (Fsp3) is 0.381. The molecule has 0 aliphatic carbocycles. The van der Waals surface area contributed by atoms with E-state index in [9.17, 15) is 0 Å². The number of pyridine rings is 1. The van der Waals surface area contributed by atoms with Crippen molar-refractivity contribution in [1.82, 2.24) is 9.38 Å². The molecule has 0 saturated heterocycles. The van der Waals surface area contributed by atoms with E-state index in [1.807, 2.05) is 18.3 Å². The first-order chi connectivity index (χ1) is 12.1. The van der Waals surface area contributed by atoms with Crippen molar-refractivity contribution in [2.45, 2.75) is 40.5 Å². The van der Waals surface area contributed by atoms with Gasteiger partial charge in [-0.1, -0.05) is 37.6 Å². The lowest BCUT2D eigenvalue weighted by molar-refractivity contribution is 0.462. The van der Waals surface area contributed by atoms with Crippen molar-refractivity contribution in [2.75, 3.05) is 18.0 Å². The number of aryl methyl sites for hydroxylation is 2. The number of hydrogen-bond donors (Lipinski definition) is 0. The predicted octanol–water partition coefficient (Wildman–Crippen LogP) is 5.37. The van der Waals surface area contributed by atoms with Gasteiger partial charge >= 0.3 is 0 Å². The highest BCUT2D eigenvalue weighted by Crippen LogP contribution is 2.27. The quantitative estimate of drug-likeness (QED) is 0.580. The third-order valence-electron chi connectivity index (χ3n) is 4.30. The molecule has 0 atom stereocenters. The molecule has 25 heavy (non-hydrogen) atoms. The monoisotopic (exact) mass is 337 g/mol. The number of imidazole rings is 1. The zero-order chi connectivity index (χ0) is 17.8. The number of hydrogen-bond acceptors (Lipinski definition) is 3. The Labute approximate surface area is 150 Å². The van der Waals surface area contributed by atoms with Crippen LogP contribution < -0.4 is 9.64 Å². The first-order valence-corrected chi connectivity index (χ1v) is 9.10. The van der Waals surface area contributed by atoms with Crippen LogP contribution in [0.3, 0.4) is 0 Å². The Bertz CT molecular complexity index is 847. The molecule has 132 valence electrons. The molecule has 1 aromatic carbocycles. The summed E-state index contributed by atoms with van der Waals surface area (Å²) in [6, 6.07) is 12.4. The van der Waals surface area contributed by atoms with Crippen LogP contribution in [0.2, 0.25) is 0 Å². The summed E-state index contributed by atoms with van der Waals surface area (Å²) in [5.41, 5.74) is 3.27. The lowest BCUT2D eigenvalue weighted by Crippen LogP contribution is -2.26. The van der Waals surface area contributed by atoms with Crippen molar-refractivity contribution in [2.24, 2.45) is 0 Å². The first kappa shape index (κ1) is 17.3. The molecule has 0 aliphatic rings. The maximum absolute atomic E-state index is 6.05. The third-order valence-corrected chi connectivity index (χ3v) is 4.30. The van der Waals surface area contributed by atoms with E-state index in [0.29, 0.717) is 5.88 Å². The van der Waals surface area contributed by atoms with Crippen LogP contribution in [-0.4, -0.2) is 22.5 Å². The minimum atomic E-state index is 0.632. The van der Waals surface area contributed by atoms with E-state index in [-0.39, 0.29) is 0 Å². The molecule has 2 heterocycles. The lowest BCUT2D eigenvalue weighted by atomic mass is 10.1. The maximum atomic E-state index is 6.05. The molecule has 0 N–H and O–H groups in total. The van der Waals surface area contributed by atoms with Crippen LogP contribution in [-0.2, 0) is 0 Å². The van der Waals surface area contributed by atoms with Gasteiger partial charge < -0.3 is 9.64 Å². The molecular formula is C21H27N3O. The molecule has 0 radical (unpaired) electrons. The van der Waals surface area contributed by atoms with Crippen LogP contribution >= 0.6 is 0 Å². The molecule has 3 rings (SSSR count). The van der Waals surface area contributed by atoms with Gasteiger partial charge in [0.1, 0.15) is 17.2 Å². The Morgan fingerprint density at radius 1 is 1.04 bits per heavy atom. The highest BCUT2D eigenvalue weighted by atomic mass is 16.5. The largest absolute Gasteiger partial charge is 0.437 e. The van der Waals surface area contributed by atoms with Gasteiger partial charge in [-0.15, -0.1) is 0 Å². The van der Waals surface area contributed by atoms with Crippen LogP contribution in [0.25, 0.3) is 5.65 Å². The van der Waals surface area contributed by atoms with E-state index in [4.69, 9.17) is 4.74 Å². The predicted molar refractivity (Wildman–Crippen MR) is 104 cm³/mol. The summed E-state index contributed by atoms with van der Waals surface area (Å²) < 4.78 is 8.18. The lowest BCUT2D eigenvalue weighted by Gasteiger charge is -2.24. The fourth-order valence-electron chi connectivity index (χ4n) is 3.19. The average molecular weight is 337 g/mol. The molecule has 4 heteroatoms. The number of anilines is 1. The topological polar surface area (TPSA) is 29.8 Å². The minimum Gasteiger partial charge on any atom is -0.437 e. The maximum Gasteiger partial charge on any atom is 0.238 e. The fourth-order valence-corrected chi connectivity index (χ4v) is 3.19. The summed E-state index contributed by atoms with van der Waals surface area (Å²) >= 11 is 0. The summed E-state index contributed by atoms with van der Waals surface area (Å²) in [5, 5.41) is 0. The molecule has 2 aromatic heterocycles. The molecule has 0 aliphatic heterocycles. The van der Waals surface area contributed by atoms with Gasteiger partial charge in [-0.3, -0.25) is 4.40 Å². The van der Waals surface area contributed by atoms with Gasteiger partial charge in [-0.05, 0) is 50.5 Å². The first-order valence-electron chi connectivity index (χ1n) is 9.10. The van der Waals surface area contributed by atoms with Crippen LogP contribution in [0.4, 0.5) is 5.82 Å². The van der Waals surface area contributed by atoms with Crippen molar-refractivity contribution < 1.29 is 4.74 Å². The smallest absolute Gasteiger partial charge is 0.238 e. The van der Waals surface area contributed by atoms with E-state index in [1.54, 1.807) is 0 Å². The molecule has 0 saturated carbocycles. The van der Waals surface area contributed by atoms with Gasteiger partial charge in [0.2, 0.25) is 5.88 Å². The van der Waals surface area contributed by atoms with Crippen molar-refractivity contribution in [3.63, 3.8) is 0 Å². The van der Waals surface area contributed by atoms with Crippen LogP contribution in [0, 0.1) is 13.8 Å². The summed E-state index contributed by atoms with van der Waals surface area (Å²) in [6.07, 6.45) is 4.23. The second-order valence-corrected chi connectivity index (χ2v) is 6.55. The van der Waals surface area contributed by atoms with Crippen molar-refractivity contribution in [3.05, 3.63) is 53.7 Å². The van der Waals surface area contributed by atoms with Gasteiger partial charge in [-0.25, -0.2) is 0 Å². The van der Waals surface area contributed by atoms with Crippen LogP contribution in [0.15, 0.2) is 42.6 Å². The Morgan fingerprint density at radius 3 is 2.48 bits per heavy atom. The van der Waals surface area contributed by atoms with Gasteiger partial charge in [0.05, 0.1) is 6.20 Å². The van der Waals surface area contributed by atoms with Crippen molar-refractivity contribution >= 4 is 11.5 Å². The van der Waals surface area contributed by atoms with Gasteiger partial charge in [0, 0.05) is 13.1 Å². The molecule has 0 bridgehead atoms.